The van der Waals surface area contributed by atoms with E-state index in [9.17, 15) is 4.79 Å². The molecule has 1 aromatic rings. The molecule has 0 aromatic heterocycles. The summed E-state index contributed by atoms with van der Waals surface area (Å²) < 4.78 is 5.21. The third-order valence-electron chi connectivity index (χ3n) is 5.51. The van der Waals surface area contributed by atoms with Crippen LogP contribution < -0.4 is 10.1 Å². The highest BCUT2D eigenvalue weighted by atomic mass is 16.5. The van der Waals surface area contributed by atoms with E-state index in [-0.39, 0.29) is 5.91 Å². The van der Waals surface area contributed by atoms with Gasteiger partial charge in [0.1, 0.15) is 5.75 Å². The van der Waals surface area contributed by atoms with E-state index in [0.29, 0.717) is 12.6 Å². The number of nitrogens with one attached hydrogen (secondary N) is 1. The molecule has 1 aromatic carbocycles. The van der Waals surface area contributed by atoms with E-state index in [1.165, 1.54) is 0 Å². The number of benzene rings is 1. The Bertz CT molecular complexity index is 570. The SMILES string of the molecule is CCN1CCN(CC(=O)N2CCC[C@@H](Nc3ccc(OC)cc3)C2)CC1. The number of ether oxygens (including phenoxy) is 1. The first-order valence-electron chi connectivity index (χ1n) is 9.81. The minimum atomic E-state index is 0.274. The van der Waals surface area contributed by atoms with Gasteiger partial charge in [0.2, 0.25) is 5.91 Å². The molecule has 1 amide bonds. The van der Waals surface area contributed by atoms with E-state index < -0.39 is 0 Å². The van der Waals surface area contributed by atoms with Gasteiger partial charge in [-0.05, 0) is 43.7 Å². The molecule has 6 nitrogen and oxygen atoms in total. The fourth-order valence-corrected chi connectivity index (χ4v) is 3.80. The number of nitrogens with zero attached hydrogens (tertiary/aromatic N) is 3. The van der Waals surface area contributed by atoms with Crippen LogP contribution in [0.15, 0.2) is 24.3 Å². The number of methoxy groups -OCH3 is 1. The lowest BCUT2D eigenvalue weighted by atomic mass is 10.0. The standard InChI is InChI=1S/C20H32N4O2/c1-3-22-11-13-23(14-12-22)16-20(25)24-10-4-5-18(15-24)21-17-6-8-19(26-2)9-7-17/h6-9,18,21H,3-5,10-16H2,1-2H3/t18-/m1/s1. The van der Waals surface area contributed by atoms with Crippen LogP contribution in [0.4, 0.5) is 5.69 Å². The number of likely N-dealkylation sites (N-methyl/N-ethyl adjacent to an activating group) is 1. The van der Waals surface area contributed by atoms with Crippen molar-refractivity contribution in [2.24, 2.45) is 0 Å². The zero-order chi connectivity index (χ0) is 18.4. The predicted molar refractivity (Wildman–Crippen MR) is 105 cm³/mol. The van der Waals surface area contributed by atoms with Gasteiger partial charge in [-0.25, -0.2) is 0 Å². The van der Waals surface area contributed by atoms with Crippen molar-refractivity contribution in [3.05, 3.63) is 24.3 Å². The van der Waals surface area contributed by atoms with Gasteiger partial charge >= 0.3 is 0 Å². The molecule has 0 spiro atoms. The molecule has 2 aliphatic rings. The van der Waals surface area contributed by atoms with Gasteiger partial charge in [0.15, 0.2) is 0 Å². The number of anilines is 1. The summed E-state index contributed by atoms with van der Waals surface area (Å²) in [5.41, 5.74) is 1.08. The maximum atomic E-state index is 12.7. The average molecular weight is 361 g/mol. The first kappa shape index (κ1) is 19.0. The van der Waals surface area contributed by atoms with Gasteiger partial charge in [-0.1, -0.05) is 6.92 Å². The van der Waals surface area contributed by atoms with E-state index in [0.717, 1.165) is 70.1 Å². The zero-order valence-electron chi connectivity index (χ0n) is 16.1. The normalized spacial score (nSPS) is 22.2. The number of amides is 1. The van der Waals surface area contributed by atoms with Crippen LogP contribution in [0.1, 0.15) is 19.8 Å². The van der Waals surface area contributed by atoms with Gasteiger partial charge < -0.3 is 19.9 Å². The van der Waals surface area contributed by atoms with Crippen molar-refractivity contribution in [1.82, 2.24) is 14.7 Å². The summed E-state index contributed by atoms with van der Waals surface area (Å²) in [4.78, 5) is 19.5. The van der Waals surface area contributed by atoms with Crippen LogP contribution >= 0.6 is 0 Å². The molecule has 26 heavy (non-hydrogen) atoms. The topological polar surface area (TPSA) is 48.0 Å². The highest BCUT2D eigenvalue weighted by molar-refractivity contribution is 5.78. The third kappa shape index (κ3) is 5.11. The van der Waals surface area contributed by atoms with Gasteiger partial charge in [-0.2, -0.15) is 0 Å². The molecule has 0 bridgehead atoms. The molecule has 2 aliphatic heterocycles. The Morgan fingerprint density at radius 3 is 2.46 bits per heavy atom. The monoisotopic (exact) mass is 360 g/mol. The second-order valence-electron chi connectivity index (χ2n) is 7.26. The Hall–Kier alpha value is -1.79. The first-order valence-corrected chi connectivity index (χ1v) is 9.81. The Kier molecular flexibility index (Phi) is 6.74. The number of carbonyl (C=O) groups excluding carboxylic acids is 1. The molecule has 6 heteroatoms. The number of hydrogen-bond acceptors (Lipinski definition) is 5. The molecule has 1 atom stereocenters. The van der Waals surface area contributed by atoms with E-state index in [1.54, 1.807) is 7.11 Å². The van der Waals surface area contributed by atoms with Crippen LogP contribution in [0.5, 0.6) is 5.75 Å². The summed E-state index contributed by atoms with van der Waals surface area (Å²) in [6.45, 7) is 9.69. The molecular weight excluding hydrogens is 328 g/mol. The van der Waals surface area contributed by atoms with Crippen molar-refractivity contribution in [3.63, 3.8) is 0 Å². The first-order chi connectivity index (χ1) is 12.7. The molecule has 2 fully saturated rings. The van der Waals surface area contributed by atoms with Crippen molar-refractivity contribution < 1.29 is 9.53 Å². The Morgan fingerprint density at radius 1 is 1.12 bits per heavy atom. The molecule has 2 heterocycles. The summed E-state index contributed by atoms with van der Waals surface area (Å²) in [5, 5.41) is 3.56. The molecule has 2 saturated heterocycles. The van der Waals surface area contributed by atoms with Crippen LogP contribution in [0, 0.1) is 0 Å². The summed E-state index contributed by atoms with van der Waals surface area (Å²) in [5.74, 6) is 1.13. The maximum Gasteiger partial charge on any atom is 0.236 e. The second-order valence-corrected chi connectivity index (χ2v) is 7.26. The lowest BCUT2D eigenvalue weighted by Crippen LogP contribution is -2.52. The molecule has 1 N–H and O–H groups in total. The fraction of sp³-hybridized carbons (Fsp3) is 0.650. The summed E-state index contributed by atoms with van der Waals surface area (Å²) in [7, 11) is 1.68. The molecule has 0 aliphatic carbocycles. The highest BCUT2D eigenvalue weighted by Gasteiger charge is 2.26. The zero-order valence-corrected chi connectivity index (χ0v) is 16.1. The summed E-state index contributed by atoms with van der Waals surface area (Å²) in [6.07, 6.45) is 2.16. The molecule has 0 unspecified atom stereocenters. The maximum absolute atomic E-state index is 12.7. The fourth-order valence-electron chi connectivity index (χ4n) is 3.80. The van der Waals surface area contributed by atoms with Crippen LogP contribution in [0.2, 0.25) is 0 Å². The summed E-state index contributed by atoms with van der Waals surface area (Å²) in [6, 6.07) is 8.31. The minimum absolute atomic E-state index is 0.274. The van der Waals surface area contributed by atoms with E-state index in [2.05, 4.69) is 22.0 Å². The van der Waals surface area contributed by atoms with Crippen LogP contribution in [0.3, 0.4) is 0 Å². The predicted octanol–water partition coefficient (Wildman–Crippen LogP) is 1.74. The third-order valence-corrected chi connectivity index (χ3v) is 5.51. The molecular formula is C20H32N4O2. The smallest absolute Gasteiger partial charge is 0.236 e. The lowest BCUT2D eigenvalue weighted by Gasteiger charge is -2.37. The second kappa shape index (κ2) is 9.24. The van der Waals surface area contributed by atoms with Crippen LogP contribution in [-0.2, 0) is 4.79 Å². The number of piperazine rings is 1. The molecule has 144 valence electrons. The quantitative estimate of drug-likeness (QED) is 0.837. The Morgan fingerprint density at radius 2 is 1.81 bits per heavy atom. The number of likely N-dealkylation sites (tertiary alicyclic amines) is 1. The van der Waals surface area contributed by atoms with Gasteiger partial charge in [0.25, 0.3) is 0 Å². The number of piperidine rings is 1. The summed E-state index contributed by atoms with van der Waals surface area (Å²) >= 11 is 0. The number of rotatable bonds is 6. The van der Waals surface area contributed by atoms with E-state index in [4.69, 9.17) is 4.74 Å². The number of hydrogen-bond donors (Lipinski definition) is 1. The number of carbonyl (C=O) groups is 1. The van der Waals surface area contributed by atoms with E-state index >= 15 is 0 Å². The van der Waals surface area contributed by atoms with Gasteiger partial charge in [-0.15, -0.1) is 0 Å². The highest BCUT2D eigenvalue weighted by Crippen LogP contribution is 2.19. The van der Waals surface area contributed by atoms with Crippen LogP contribution in [0.25, 0.3) is 0 Å². The lowest BCUT2D eigenvalue weighted by molar-refractivity contribution is -0.133. The van der Waals surface area contributed by atoms with Crippen molar-refractivity contribution in [2.45, 2.75) is 25.8 Å². The molecule has 0 saturated carbocycles. The van der Waals surface area contributed by atoms with Crippen molar-refractivity contribution in [3.8, 4) is 5.75 Å². The molecule has 0 radical (unpaired) electrons. The Labute approximate surface area is 157 Å². The van der Waals surface area contributed by atoms with Crippen molar-refractivity contribution >= 4 is 11.6 Å². The minimum Gasteiger partial charge on any atom is -0.497 e. The van der Waals surface area contributed by atoms with Crippen molar-refractivity contribution in [2.75, 3.05) is 64.8 Å². The van der Waals surface area contributed by atoms with Crippen molar-refractivity contribution in [1.29, 1.82) is 0 Å². The molecule has 3 rings (SSSR count). The largest absolute Gasteiger partial charge is 0.497 e. The Balaban J connectivity index is 1.47. The van der Waals surface area contributed by atoms with Gasteiger partial charge in [0, 0.05) is 51.0 Å². The van der Waals surface area contributed by atoms with Gasteiger partial charge in [0.05, 0.1) is 13.7 Å². The van der Waals surface area contributed by atoms with Gasteiger partial charge in [-0.3, -0.25) is 9.69 Å². The van der Waals surface area contributed by atoms with Crippen LogP contribution in [-0.4, -0.2) is 86.1 Å². The average Bonchev–Trinajstić information content (AvgIpc) is 2.69. The van der Waals surface area contributed by atoms with E-state index in [1.807, 2.05) is 29.2 Å².